The first-order chi connectivity index (χ1) is 17.4. The molecule has 2 N–H and O–H groups in total. The van der Waals surface area contributed by atoms with Crippen molar-refractivity contribution in [2.75, 3.05) is 11.9 Å². The van der Waals surface area contributed by atoms with Gasteiger partial charge in [-0.05, 0) is 55.0 Å². The maximum atomic E-state index is 12.6. The van der Waals surface area contributed by atoms with Gasteiger partial charge in [-0.1, -0.05) is 35.9 Å². The fourth-order valence-corrected chi connectivity index (χ4v) is 3.50. The van der Waals surface area contributed by atoms with Gasteiger partial charge in [0.25, 0.3) is 5.91 Å². The van der Waals surface area contributed by atoms with Crippen LogP contribution in [-0.2, 0) is 11.4 Å². The number of ether oxygens (including phenoxy) is 2. The van der Waals surface area contributed by atoms with Crippen molar-refractivity contribution < 1.29 is 24.2 Å². The van der Waals surface area contributed by atoms with Crippen LogP contribution in [0.2, 0.25) is 5.02 Å². The van der Waals surface area contributed by atoms with Crippen LogP contribution in [0.15, 0.2) is 66.2 Å². The molecule has 0 aliphatic carbocycles. The molecule has 0 bridgehead atoms. The molecule has 0 unspecified atom stereocenters. The highest BCUT2D eigenvalue weighted by molar-refractivity contribution is 6.32. The highest BCUT2D eigenvalue weighted by Crippen LogP contribution is 2.38. The molecule has 0 aliphatic heterocycles. The van der Waals surface area contributed by atoms with Gasteiger partial charge >= 0.3 is 5.97 Å². The molecule has 3 aromatic rings. The number of hydrogen-bond donors (Lipinski definition) is 2. The Balaban J connectivity index is 1.86. The van der Waals surface area contributed by atoms with E-state index in [0.717, 1.165) is 0 Å². The minimum Gasteiger partial charge on any atom is -0.490 e. The second-order valence-corrected chi connectivity index (χ2v) is 7.74. The zero-order chi connectivity index (χ0) is 26.1. The summed E-state index contributed by atoms with van der Waals surface area (Å²) in [6.45, 7) is 2.17. The number of carboxylic acids is 1. The van der Waals surface area contributed by atoms with Crippen molar-refractivity contribution in [3.8, 4) is 23.6 Å². The predicted molar refractivity (Wildman–Crippen MR) is 134 cm³/mol. The van der Waals surface area contributed by atoms with Crippen molar-refractivity contribution in [3.63, 3.8) is 0 Å². The van der Waals surface area contributed by atoms with Crippen LogP contribution >= 0.6 is 11.6 Å². The van der Waals surface area contributed by atoms with Crippen LogP contribution in [0.25, 0.3) is 6.08 Å². The van der Waals surface area contributed by atoms with Crippen LogP contribution < -0.4 is 14.8 Å². The standard InChI is InChI=1S/C27H20ClN3O5/c1-2-35-24-12-17(11-23(28)25(24)36-16-20-7-4-3-6-19(20)14-29)10-21(15-30)26(32)31-22-9-5-8-18(13-22)27(33)34/h3-13H,2,16H2,1H3,(H,31,32)(H,33,34)/b21-10-. The molecular weight excluding hydrogens is 482 g/mol. The average molecular weight is 502 g/mol. The van der Waals surface area contributed by atoms with Crippen LogP contribution in [-0.4, -0.2) is 23.6 Å². The van der Waals surface area contributed by atoms with Gasteiger partial charge in [0, 0.05) is 11.3 Å². The Kier molecular flexibility index (Phi) is 8.66. The van der Waals surface area contributed by atoms with E-state index >= 15 is 0 Å². The lowest BCUT2D eigenvalue weighted by molar-refractivity contribution is -0.112. The van der Waals surface area contributed by atoms with Gasteiger partial charge in [-0.25, -0.2) is 4.79 Å². The van der Waals surface area contributed by atoms with E-state index in [1.54, 1.807) is 37.3 Å². The van der Waals surface area contributed by atoms with Gasteiger partial charge in [-0.15, -0.1) is 0 Å². The molecule has 1 amide bonds. The van der Waals surface area contributed by atoms with Crippen molar-refractivity contribution >= 4 is 35.2 Å². The molecule has 9 heteroatoms. The second kappa shape index (κ2) is 12.1. The van der Waals surface area contributed by atoms with E-state index in [-0.39, 0.29) is 34.2 Å². The Labute approximate surface area is 212 Å². The minimum atomic E-state index is -1.14. The monoisotopic (exact) mass is 501 g/mol. The normalized spacial score (nSPS) is 10.6. The van der Waals surface area contributed by atoms with Crippen LogP contribution in [0, 0.1) is 22.7 Å². The van der Waals surface area contributed by atoms with E-state index in [1.807, 2.05) is 6.07 Å². The van der Waals surface area contributed by atoms with E-state index < -0.39 is 11.9 Å². The first-order valence-corrected chi connectivity index (χ1v) is 11.1. The number of nitrogens with zero attached hydrogens (tertiary/aromatic N) is 2. The third-order valence-corrected chi connectivity index (χ3v) is 5.17. The average Bonchev–Trinajstić information content (AvgIpc) is 2.87. The molecule has 0 radical (unpaired) electrons. The Morgan fingerprint density at radius 3 is 2.56 bits per heavy atom. The Morgan fingerprint density at radius 1 is 1.08 bits per heavy atom. The third kappa shape index (κ3) is 6.41. The lowest BCUT2D eigenvalue weighted by atomic mass is 10.1. The number of nitriles is 2. The molecular formula is C27H20ClN3O5. The highest BCUT2D eigenvalue weighted by atomic mass is 35.5. The zero-order valence-electron chi connectivity index (χ0n) is 19.1. The van der Waals surface area contributed by atoms with Crippen LogP contribution in [0.3, 0.4) is 0 Å². The largest absolute Gasteiger partial charge is 0.490 e. The SMILES string of the molecule is CCOc1cc(/C=C(/C#N)C(=O)Nc2cccc(C(=O)O)c2)cc(Cl)c1OCc1ccccc1C#N. The molecule has 0 saturated heterocycles. The molecule has 180 valence electrons. The number of halogens is 1. The van der Waals surface area contributed by atoms with Crippen molar-refractivity contribution in [3.05, 3.63) is 93.5 Å². The number of amides is 1. The van der Waals surface area contributed by atoms with E-state index in [0.29, 0.717) is 29.0 Å². The summed E-state index contributed by atoms with van der Waals surface area (Å²) in [4.78, 5) is 23.8. The van der Waals surface area contributed by atoms with Gasteiger partial charge in [0.05, 0.1) is 28.8 Å². The first kappa shape index (κ1) is 25.8. The summed E-state index contributed by atoms with van der Waals surface area (Å²) >= 11 is 6.45. The first-order valence-electron chi connectivity index (χ1n) is 10.7. The van der Waals surface area contributed by atoms with Gasteiger partial charge in [0.15, 0.2) is 11.5 Å². The number of carbonyl (C=O) groups excluding carboxylic acids is 1. The van der Waals surface area contributed by atoms with Crippen molar-refractivity contribution in [1.29, 1.82) is 10.5 Å². The summed E-state index contributed by atoms with van der Waals surface area (Å²) < 4.78 is 11.5. The van der Waals surface area contributed by atoms with Crippen LogP contribution in [0.4, 0.5) is 5.69 Å². The number of hydrogen-bond acceptors (Lipinski definition) is 6. The van der Waals surface area contributed by atoms with E-state index in [4.69, 9.17) is 26.2 Å². The molecule has 0 heterocycles. The summed E-state index contributed by atoms with van der Waals surface area (Å²) in [5.41, 5.74) is 1.57. The second-order valence-electron chi connectivity index (χ2n) is 7.33. The van der Waals surface area contributed by atoms with Crippen molar-refractivity contribution in [2.24, 2.45) is 0 Å². The van der Waals surface area contributed by atoms with Gasteiger partial charge in [-0.3, -0.25) is 4.79 Å². The molecule has 0 aliphatic rings. The van der Waals surface area contributed by atoms with Crippen LogP contribution in [0.1, 0.15) is 34.0 Å². The molecule has 8 nitrogen and oxygen atoms in total. The zero-order valence-corrected chi connectivity index (χ0v) is 19.9. The Bertz CT molecular complexity index is 1420. The Morgan fingerprint density at radius 2 is 1.86 bits per heavy atom. The minimum absolute atomic E-state index is 0.00333. The number of aromatic carboxylic acids is 1. The quantitative estimate of drug-likeness (QED) is 0.295. The highest BCUT2D eigenvalue weighted by Gasteiger charge is 2.16. The number of nitrogens with one attached hydrogen (secondary N) is 1. The van der Waals surface area contributed by atoms with Gasteiger partial charge in [-0.2, -0.15) is 10.5 Å². The molecule has 0 fully saturated rings. The summed E-state index contributed by atoms with van der Waals surface area (Å²) in [6, 6.07) is 19.7. The molecule has 0 aromatic heterocycles. The van der Waals surface area contributed by atoms with Gasteiger partial charge < -0.3 is 19.9 Å². The fourth-order valence-electron chi connectivity index (χ4n) is 3.22. The summed E-state index contributed by atoms with van der Waals surface area (Å²) in [5.74, 6) is -1.30. The van der Waals surface area contributed by atoms with Crippen molar-refractivity contribution in [2.45, 2.75) is 13.5 Å². The van der Waals surface area contributed by atoms with Gasteiger partial charge in [0.2, 0.25) is 0 Å². The third-order valence-electron chi connectivity index (χ3n) is 4.88. The fraction of sp³-hybridized carbons (Fsp3) is 0.111. The summed E-state index contributed by atoms with van der Waals surface area (Å²) in [7, 11) is 0. The smallest absolute Gasteiger partial charge is 0.335 e. The van der Waals surface area contributed by atoms with E-state index in [2.05, 4.69) is 11.4 Å². The van der Waals surface area contributed by atoms with E-state index in [9.17, 15) is 20.1 Å². The molecule has 0 spiro atoms. The maximum absolute atomic E-state index is 12.6. The summed E-state index contributed by atoms with van der Waals surface area (Å²) in [5, 5.41) is 30.6. The molecule has 0 atom stereocenters. The number of carboxylic acid groups (broad SMARTS) is 1. The number of rotatable bonds is 9. The van der Waals surface area contributed by atoms with Crippen molar-refractivity contribution in [1.82, 2.24) is 0 Å². The molecule has 3 rings (SSSR count). The van der Waals surface area contributed by atoms with Gasteiger partial charge in [0.1, 0.15) is 18.2 Å². The lowest BCUT2D eigenvalue weighted by Crippen LogP contribution is -2.14. The lowest BCUT2D eigenvalue weighted by Gasteiger charge is -2.15. The molecule has 3 aromatic carbocycles. The molecule has 36 heavy (non-hydrogen) atoms. The number of carbonyl (C=O) groups is 2. The molecule has 0 saturated carbocycles. The topological polar surface area (TPSA) is 132 Å². The van der Waals surface area contributed by atoms with E-state index in [1.165, 1.54) is 36.4 Å². The number of benzene rings is 3. The number of anilines is 1. The maximum Gasteiger partial charge on any atom is 0.335 e. The Hall–Kier alpha value is -4.79. The predicted octanol–water partition coefficient (Wildman–Crippen LogP) is 5.43. The van der Waals surface area contributed by atoms with Crippen LogP contribution in [0.5, 0.6) is 11.5 Å². The summed E-state index contributed by atoms with van der Waals surface area (Å²) in [6.07, 6.45) is 1.33.